The number of thioether (sulfide) groups is 1. The molecule has 1 saturated carbocycles. The molecule has 4 rings (SSSR count). The molecule has 3 aliphatic rings. The summed E-state index contributed by atoms with van der Waals surface area (Å²) in [5, 5.41) is 0. The smallest absolute Gasteiger partial charge is 0.244 e. The van der Waals surface area contributed by atoms with Crippen molar-refractivity contribution >= 4 is 37.7 Å². The second kappa shape index (κ2) is 8.40. The molecule has 1 aromatic carbocycles. The lowest BCUT2D eigenvalue weighted by Crippen LogP contribution is -2.48. The normalized spacial score (nSPS) is 24.1. The Morgan fingerprint density at radius 1 is 1.03 bits per heavy atom. The summed E-state index contributed by atoms with van der Waals surface area (Å²) >= 11 is 1.40. The number of carbonyl (C=O) groups excluding carboxylic acids is 1. The Kier molecular flexibility index (Phi) is 6.17. The first-order valence-electron chi connectivity index (χ1n) is 9.77. The topological polar surface area (TPSA) is 104 Å². The van der Waals surface area contributed by atoms with Crippen molar-refractivity contribution < 1.29 is 26.4 Å². The van der Waals surface area contributed by atoms with Gasteiger partial charge >= 0.3 is 0 Å². The van der Waals surface area contributed by atoms with Gasteiger partial charge in [-0.3, -0.25) is 4.79 Å². The van der Waals surface area contributed by atoms with E-state index in [0.29, 0.717) is 19.0 Å². The number of ether oxygens (including phenoxy) is 1. The summed E-state index contributed by atoms with van der Waals surface area (Å²) in [4.78, 5) is 14.5. The number of hydrogen-bond donors (Lipinski definition) is 0. The Morgan fingerprint density at radius 3 is 2.17 bits per heavy atom. The highest BCUT2D eigenvalue weighted by molar-refractivity contribution is 8.00. The summed E-state index contributed by atoms with van der Waals surface area (Å²) in [6.07, 6.45) is 1.90. The van der Waals surface area contributed by atoms with E-state index in [1.807, 2.05) is 0 Å². The molecule has 1 amide bonds. The quantitative estimate of drug-likeness (QED) is 0.586. The van der Waals surface area contributed by atoms with Gasteiger partial charge in [-0.2, -0.15) is 8.61 Å². The number of rotatable bonds is 6. The molecule has 1 atom stereocenters. The lowest BCUT2D eigenvalue weighted by molar-refractivity contribution is -0.133. The maximum Gasteiger partial charge on any atom is 0.244 e. The molecule has 2 aliphatic heterocycles. The third kappa shape index (κ3) is 4.13. The largest absolute Gasteiger partial charge is 0.379 e. The SMILES string of the molecule is CN(C(=O)C1CSCN1S(=O)(=O)c1ccc(S(=O)(=O)N2CCOCC2)cc1)C1CC1. The van der Waals surface area contributed by atoms with Crippen molar-refractivity contribution in [3.8, 4) is 0 Å². The zero-order valence-corrected chi connectivity index (χ0v) is 19.1. The highest BCUT2D eigenvalue weighted by Gasteiger charge is 2.43. The second-order valence-corrected chi connectivity index (χ2v) is 12.4. The van der Waals surface area contributed by atoms with Crippen molar-refractivity contribution in [3.05, 3.63) is 24.3 Å². The standard InChI is InChI=1S/C18H25N3O6S3/c1-19(14-2-3-14)18(22)17-12-28-13-21(17)30(25,26)16-6-4-15(5-7-16)29(23,24)20-8-10-27-11-9-20/h4-7,14,17H,2-3,8-13H2,1H3. The van der Waals surface area contributed by atoms with E-state index in [-0.39, 0.29) is 40.7 Å². The van der Waals surface area contributed by atoms with Gasteiger partial charge in [-0.15, -0.1) is 11.8 Å². The molecule has 1 aromatic rings. The fraction of sp³-hybridized carbons (Fsp3) is 0.611. The number of likely N-dealkylation sites (N-methyl/N-ethyl adjacent to an activating group) is 1. The first kappa shape index (κ1) is 22.0. The Balaban J connectivity index is 1.54. The molecule has 1 aliphatic carbocycles. The van der Waals surface area contributed by atoms with Crippen LogP contribution in [0.4, 0.5) is 0 Å². The van der Waals surface area contributed by atoms with Gasteiger partial charge < -0.3 is 9.64 Å². The maximum absolute atomic E-state index is 13.2. The van der Waals surface area contributed by atoms with Crippen LogP contribution in [0.2, 0.25) is 0 Å². The van der Waals surface area contributed by atoms with Crippen LogP contribution in [-0.4, -0.2) is 93.3 Å². The van der Waals surface area contributed by atoms with Crippen LogP contribution < -0.4 is 0 Å². The molecule has 1 unspecified atom stereocenters. The average molecular weight is 476 g/mol. The highest BCUT2D eigenvalue weighted by atomic mass is 32.2. The van der Waals surface area contributed by atoms with Crippen LogP contribution in [-0.2, 0) is 29.6 Å². The van der Waals surface area contributed by atoms with Crippen molar-refractivity contribution in [2.45, 2.75) is 34.7 Å². The molecule has 0 N–H and O–H groups in total. The molecule has 3 fully saturated rings. The van der Waals surface area contributed by atoms with Gasteiger partial charge in [0.05, 0.1) is 28.9 Å². The highest BCUT2D eigenvalue weighted by Crippen LogP contribution is 2.32. The summed E-state index contributed by atoms with van der Waals surface area (Å²) in [6, 6.07) is 4.71. The van der Waals surface area contributed by atoms with E-state index in [2.05, 4.69) is 0 Å². The van der Waals surface area contributed by atoms with Gasteiger partial charge in [0.25, 0.3) is 0 Å². The van der Waals surface area contributed by atoms with Crippen molar-refractivity contribution in [1.29, 1.82) is 0 Å². The molecule has 0 spiro atoms. The molecule has 0 aromatic heterocycles. The van der Waals surface area contributed by atoms with E-state index in [1.165, 1.54) is 44.6 Å². The van der Waals surface area contributed by atoms with Gasteiger partial charge in [-0.1, -0.05) is 0 Å². The van der Waals surface area contributed by atoms with Crippen LogP contribution in [0.15, 0.2) is 34.1 Å². The Labute approximate surface area is 181 Å². The van der Waals surface area contributed by atoms with Crippen molar-refractivity contribution in [3.63, 3.8) is 0 Å². The third-order valence-electron chi connectivity index (χ3n) is 5.61. The fourth-order valence-corrected chi connectivity index (χ4v) is 8.13. The number of hydrogen-bond acceptors (Lipinski definition) is 7. The summed E-state index contributed by atoms with van der Waals surface area (Å²) < 4.78 is 59.6. The van der Waals surface area contributed by atoms with E-state index < -0.39 is 26.1 Å². The number of sulfonamides is 2. The molecular formula is C18H25N3O6S3. The minimum absolute atomic E-state index is 0.0159. The molecular weight excluding hydrogens is 450 g/mol. The molecule has 9 nitrogen and oxygen atoms in total. The maximum atomic E-state index is 13.2. The second-order valence-electron chi connectivity index (χ2n) is 7.58. The lowest BCUT2D eigenvalue weighted by Gasteiger charge is -2.27. The van der Waals surface area contributed by atoms with E-state index in [9.17, 15) is 21.6 Å². The zero-order valence-electron chi connectivity index (χ0n) is 16.6. The Morgan fingerprint density at radius 2 is 1.60 bits per heavy atom. The number of carbonyl (C=O) groups is 1. The molecule has 2 saturated heterocycles. The minimum atomic E-state index is -3.92. The number of morpholine rings is 1. The Hall–Kier alpha value is -1.18. The summed E-state index contributed by atoms with van der Waals surface area (Å²) in [5.74, 6) is 0.432. The van der Waals surface area contributed by atoms with Gasteiger partial charge in [0.15, 0.2) is 0 Å². The van der Waals surface area contributed by atoms with Crippen molar-refractivity contribution in [2.75, 3.05) is 45.0 Å². The predicted molar refractivity (Wildman–Crippen MR) is 112 cm³/mol. The van der Waals surface area contributed by atoms with Gasteiger partial charge in [-0.25, -0.2) is 16.8 Å². The monoisotopic (exact) mass is 475 g/mol. The minimum Gasteiger partial charge on any atom is -0.379 e. The Bertz CT molecular complexity index is 1000. The van der Waals surface area contributed by atoms with E-state index in [4.69, 9.17) is 4.74 Å². The number of benzene rings is 1. The van der Waals surface area contributed by atoms with Crippen LogP contribution in [0.25, 0.3) is 0 Å². The van der Waals surface area contributed by atoms with Crippen LogP contribution in [0.3, 0.4) is 0 Å². The lowest BCUT2D eigenvalue weighted by atomic mass is 10.3. The van der Waals surface area contributed by atoms with E-state index >= 15 is 0 Å². The fourth-order valence-electron chi connectivity index (χ4n) is 3.59. The molecule has 0 radical (unpaired) electrons. The first-order valence-corrected chi connectivity index (χ1v) is 13.8. The summed E-state index contributed by atoms with van der Waals surface area (Å²) in [5.41, 5.74) is 0. The molecule has 30 heavy (non-hydrogen) atoms. The number of amides is 1. The zero-order chi connectivity index (χ0) is 21.5. The molecule has 166 valence electrons. The first-order chi connectivity index (χ1) is 14.2. The summed E-state index contributed by atoms with van der Waals surface area (Å²) in [7, 11) is -5.90. The van der Waals surface area contributed by atoms with Crippen molar-refractivity contribution in [1.82, 2.24) is 13.5 Å². The van der Waals surface area contributed by atoms with Gasteiger partial charge in [0.2, 0.25) is 26.0 Å². The molecule has 2 heterocycles. The van der Waals surface area contributed by atoms with E-state index in [0.717, 1.165) is 12.8 Å². The number of nitrogens with zero attached hydrogens (tertiary/aromatic N) is 3. The van der Waals surface area contributed by atoms with Gasteiger partial charge in [-0.05, 0) is 37.1 Å². The third-order valence-corrected chi connectivity index (χ3v) is 10.6. The molecule has 12 heteroatoms. The van der Waals surface area contributed by atoms with Crippen LogP contribution >= 0.6 is 11.8 Å². The van der Waals surface area contributed by atoms with Gasteiger partial charge in [0, 0.05) is 31.9 Å². The average Bonchev–Trinajstić information content (AvgIpc) is 3.49. The summed E-state index contributed by atoms with van der Waals surface area (Å²) in [6.45, 7) is 1.21. The van der Waals surface area contributed by atoms with Gasteiger partial charge in [0.1, 0.15) is 6.04 Å². The molecule has 0 bridgehead atoms. The van der Waals surface area contributed by atoms with Crippen LogP contribution in [0, 0.1) is 0 Å². The van der Waals surface area contributed by atoms with Crippen molar-refractivity contribution in [2.24, 2.45) is 0 Å². The van der Waals surface area contributed by atoms with Crippen LogP contribution in [0.5, 0.6) is 0 Å². The predicted octanol–water partition coefficient (Wildman–Crippen LogP) is 0.392. The van der Waals surface area contributed by atoms with E-state index in [1.54, 1.807) is 11.9 Å². The van der Waals surface area contributed by atoms with Crippen LogP contribution in [0.1, 0.15) is 12.8 Å².